The molecule has 0 heterocycles. The highest BCUT2D eigenvalue weighted by Crippen LogP contribution is 2.34. The Morgan fingerprint density at radius 2 is 1.46 bits per heavy atom. The second kappa shape index (κ2) is 3.53. The summed E-state index contributed by atoms with van der Waals surface area (Å²) >= 11 is 0. The average Bonchev–Trinajstić information content (AvgIpc) is 2.03. The maximum absolute atomic E-state index is 2.30. The molecule has 0 bridgehead atoms. The van der Waals surface area contributed by atoms with E-state index in [1.165, 1.54) is 11.1 Å². The lowest BCUT2D eigenvalue weighted by atomic mass is 9.78. The zero-order chi connectivity index (χ0) is 10.1. The zero-order valence-corrected chi connectivity index (χ0v) is 9.39. The van der Waals surface area contributed by atoms with E-state index >= 15 is 0 Å². The molecule has 0 amide bonds. The molecular formula is C13H20. The maximum Gasteiger partial charge on any atom is -0.0142 e. The molecular weight excluding hydrogens is 156 g/mol. The van der Waals surface area contributed by atoms with Gasteiger partial charge < -0.3 is 0 Å². The van der Waals surface area contributed by atoms with Crippen molar-refractivity contribution in [2.24, 2.45) is 5.41 Å². The molecule has 13 heavy (non-hydrogen) atoms. The molecule has 0 saturated carbocycles. The third-order valence-corrected chi connectivity index (χ3v) is 2.88. The molecule has 0 aliphatic heterocycles. The fraction of sp³-hybridized carbons (Fsp3) is 0.538. The third kappa shape index (κ3) is 2.58. The number of hydrogen-bond acceptors (Lipinski definition) is 0. The summed E-state index contributed by atoms with van der Waals surface area (Å²) in [6.07, 6.45) is 0. The van der Waals surface area contributed by atoms with E-state index < -0.39 is 0 Å². The van der Waals surface area contributed by atoms with Crippen molar-refractivity contribution in [3.63, 3.8) is 0 Å². The molecule has 0 fully saturated rings. The van der Waals surface area contributed by atoms with E-state index in [1.54, 1.807) is 0 Å². The van der Waals surface area contributed by atoms with Crippen LogP contribution in [0.2, 0.25) is 0 Å². The highest BCUT2D eigenvalue weighted by Gasteiger charge is 2.20. The van der Waals surface area contributed by atoms with Crippen LogP contribution >= 0.6 is 0 Å². The van der Waals surface area contributed by atoms with Gasteiger partial charge in [0, 0.05) is 0 Å². The molecule has 1 aromatic carbocycles. The summed E-state index contributed by atoms with van der Waals surface area (Å²) in [5, 5.41) is 0. The van der Waals surface area contributed by atoms with Crippen LogP contribution in [0.15, 0.2) is 24.3 Å². The molecule has 1 unspecified atom stereocenters. The van der Waals surface area contributed by atoms with Crippen molar-refractivity contribution in [2.45, 2.75) is 40.5 Å². The third-order valence-electron chi connectivity index (χ3n) is 2.88. The molecule has 1 aromatic rings. The van der Waals surface area contributed by atoms with E-state index in [0.717, 1.165) is 0 Å². The van der Waals surface area contributed by atoms with Gasteiger partial charge in [0.05, 0.1) is 0 Å². The largest absolute Gasteiger partial charge is 0.0596 e. The van der Waals surface area contributed by atoms with E-state index in [1.807, 2.05) is 0 Å². The Kier molecular flexibility index (Phi) is 2.80. The van der Waals surface area contributed by atoms with E-state index in [0.29, 0.717) is 11.3 Å². The summed E-state index contributed by atoms with van der Waals surface area (Å²) < 4.78 is 0. The molecule has 0 aliphatic carbocycles. The molecule has 1 rings (SSSR count). The van der Waals surface area contributed by atoms with Gasteiger partial charge in [-0.2, -0.15) is 0 Å². The van der Waals surface area contributed by atoms with Crippen molar-refractivity contribution in [3.8, 4) is 0 Å². The van der Waals surface area contributed by atoms with Gasteiger partial charge in [0.1, 0.15) is 0 Å². The normalized spacial score (nSPS) is 14.2. The number of aryl methyl sites for hydroxylation is 1. The van der Waals surface area contributed by atoms with Gasteiger partial charge in [-0.05, 0) is 23.8 Å². The molecule has 0 aromatic heterocycles. The predicted octanol–water partition coefficient (Wildman–Crippen LogP) is 4.14. The van der Waals surface area contributed by atoms with Crippen LogP contribution in [0, 0.1) is 12.3 Å². The lowest BCUT2D eigenvalue weighted by molar-refractivity contribution is 0.339. The summed E-state index contributed by atoms with van der Waals surface area (Å²) in [7, 11) is 0. The van der Waals surface area contributed by atoms with E-state index in [2.05, 4.69) is 58.9 Å². The quantitative estimate of drug-likeness (QED) is 0.603. The standard InChI is InChI=1S/C13H20/c1-10-6-8-12(9-7-10)11(2)13(3,4)5/h6-9,11H,1-5H3. The molecule has 0 spiro atoms. The summed E-state index contributed by atoms with van der Waals surface area (Å²) in [4.78, 5) is 0. The van der Waals surface area contributed by atoms with Crippen LogP contribution in [-0.4, -0.2) is 0 Å². The molecule has 1 atom stereocenters. The lowest BCUT2D eigenvalue weighted by Gasteiger charge is -2.27. The van der Waals surface area contributed by atoms with Crippen LogP contribution in [0.5, 0.6) is 0 Å². The monoisotopic (exact) mass is 176 g/mol. The maximum atomic E-state index is 2.30. The van der Waals surface area contributed by atoms with Gasteiger partial charge in [0.2, 0.25) is 0 Å². The Morgan fingerprint density at radius 1 is 1.00 bits per heavy atom. The minimum Gasteiger partial charge on any atom is -0.0596 e. The number of benzene rings is 1. The van der Waals surface area contributed by atoms with Gasteiger partial charge in [0.15, 0.2) is 0 Å². The first-order valence-electron chi connectivity index (χ1n) is 4.98. The smallest absolute Gasteiger partial charge is 0.0142 e. The second-order valence-electron chi connectivity index (χ2n) is 5.00. The van der Waals surface area contributed by atoms with Gasteiger partial charge in [-0.15, -0.1) is 0 Å². The fourth-order valence-electron chi connectivity index (χ4n) is 1.36. The van der Waals surface area contributed by atoms with E-state index in [-0.39, 0.29) is 0 Å². The van der Waals surface area contributed by atoms with Crippen molar-refractivity contribution in [1.82, 2.24) is 0 Å². The Morgan fingerprint density at radius 3 is 1.85 bits per heavy atom. The van der Waals surface area contributed by atoms with Gasteiger partial charge in [-0.3, -0.25) is 0 Å². The van der Waals surface area contributed by atoms with Gasteiger partial charge >= 0.3 is 0 Å². The summed E-state index contributed by atoms with van der Waals surface area (Å²) in [5.74, 6) is 0.619. The summed E-state index contributed by atoms with van der Waals surface area (Å²) in [6, 6.07) is 8.87. The highest BCUT2D eigenvalue weighted by molar-refractivity contribution is 5.25. The van der Waals surface area contributed by atoms with Crippen LogP contribution in [0.25, 0.3) is 0 Å². The topological polar surface area (TPSA) is 0 Å². The molecule has 0 saturated heterocycles. The zero-order valence-electron chi connectivity index (χ0n) is 9.39. The van der Waals surface area contributed by atoms with Crippen LogP contribution < -0.4 is 0 Å². The van der Waals surface area contributed by atoms with Crippen molar-refractivity contribution in [1.29, 1.82) is 0 Å². The Bertz CT molecular complexity index is 261. The Labute approximate surface area is 82.0 Å². The molecule has 0 N–H and O–H groups in total. The molecule has 0 nitrogen and oxygen atoms in total. The van der Waals surface area contributed by atoms with Crippen molar-refractivity contribution >= 4 is 0 Å². The molecule has 72 valence electrons. The first-order valence-corrected chi connectivity index (χ1v) is 4.98. The van der Waals surface area contributed by atoms with Crippen molar-refractivity contribution in [2.75, 3.05) is 0 Å². The van der Waals surface area contributed by atoms with Gasteiger partial charge in [-0.25, -0.2) is 0 Å². The van der Waals surface area contributed by atoms with Crippen LogP contribution in [-0.2, 0) is 0 Å². The van der Waals surface area contributed by atoms with Gasteiger partial charge in [0.25, 0.3) is 0 Å². The molecule has 0 aliphatic rings. The van der Waals surface area contributed by atoms with Crippen LogP contribution in [0.4, 0.5) is 0 Å². The van der Waals surface area contributed by atoms with Crippen LogP contribution in [0.1, 0.15) is 44.7 Å². The molecule has 0 radical (unpaired) electrons. The number of hydrogen-bond donors (Lipinski definition) is 0. The Balaban J connectivity index is 2.90. The number of rotatable bonds is 1. The SMILES string of the molecule is Cc1ccc(C(C)C(C)(C)C)cc1. The summed E-state index contributed by atoms with van der Waals surface area (Å²) in [6.45, 7) is 11.3. The summed E-state index contributed by atoms with van der Waals surface area (Å²) in [5.41, 5.74) is 3.14. The predicted molar refractivity (Wildman–Crippen MR) is 59.0 cm³/mol. The van der Waals surface area contributed by atoms with Crippen LogP contribution in [0.3, 0.4) is 0 Å². The van der Waals surface area contributed by atoms with E-state index in [9.17, 15) is 0 Å². The van der Waals surface area contributed by atoms with E-state index in [4.69, 9.17) is 0 Å². The first-order chi connectivity index (χ1) is 5.91. The average molecular weight is 176 g/mol. The first kappa shape index (κ1) is 10.3. The Hall–Kier alpha value is -0.780. The fourth-order valence-corrected chi connectivity index (χ4v) is 1.36. The lowest BCUT2D eigenvalue weighted by Crippen LogP contribution is -2.15. The second-order valence-corrected chi connectivity index (χ2v) is 5.00. The van der Waals surface area contributed by atoms with Gasteiger partial charge in [-0.1, -0.05) is 57.5 Å². The highest BCUT2D eigenvalue weighted by atomic mass is 14.3. The molecule has 0 heteroatoms. The van der Waals surface area contributed by atoms with Crippen molar-refractivity contribution < 1.29 is 0 Å². The minimum absolute atomic E-state index is 0.356. The minimum atomic E-state index is 0.356. The van der Waals surface area contributed by atoms with Crippen molar-refractivity contribution in [3.05, 3.63) is 35.4 Å².